The van der Waals surface area contributed by atoms with Crippen LogP contribution in [0.5, 0.6) is 17.5 Å². The van der Waals surface area contributed by atoms with Gasteiger partial charge < -0.3 is 34.5 Å². The number of benzene rings is 1. The number of ether oxygens (including phenoxy) is 4. The average Bonchev–Trinajstić information content (AvgIpc) is 4.00. The van der Waals surface area contributed by atoms with Gasteiger partial charge in [-0.1, -0.05) is 26.0 Å². The first kappa shape index (κ1) is 41.0. The van der Waals surface area contributed by atoms with Crippen molar-refractivity contribution in [3.8, 4) is 17.5 Å². The third-order valence-electron chi connectivity index (χ3n) is 11.4. The fourth-order valence-electron chi connectivity index (χ4n) is 7.69. The molecule has 2 aromatic rings. The highest BCUT2D eigenvalue weighted by molar-refractivity contribution is 7.91. The largest absolute Gasteiger partial charge is 0.497 e. The van der Waals surface area contributed by atoms with Crippen molar-refractivity contribution < 1.29 is 50.8 Å². The molecule has 6 rings (SSSR count). The molecule has 2 saturated carbocycles. The maximum absolute atomic E-state index is 14.8. The summed E-state index contributed by atoms with van der Waals surface area (Å²) in [5.41, 5.74) is -2.38. The van der Waals surface area contributed by atoms with Crippen LogP contribution in [-0.4, -0.2) is 97.0 Å². The summed E-state index contributed by atoms with van der Waals surface area (Å²) < 4.78 is 50.6. The van der Waals surface area contributed by atoms with Crippen LogP contribution in [0.25, 0.3) is 10.8 Å². The highest BCUT2D eigenvalue weighted by Gasteiger charge is 2.63. The monoisotopic (exact) mass is 803 g/mol. The predicted octanol–water partition coefficient (Wildman–Crippen LogP) is 5.12. The first-order valence-corrected chi connectivity index (χ1v) is 20.8. The molecule has 0 bridgehead atoms. The van der Waals surface area contributed by atoms with E-state index in [1.54, 1.807) is 53.0 Å². The molecule has 56 heavy (non-hydrogen) atoms. The van der Waals surface area contributed by atoms with Crippen LogP contribution in [0.15, 0.2) is 36.4 Å². The van der Waals surface area contributed by atoms with Crippen molar-refractivity contribution in [2.45, 2.75) is 121 Å². The zero-order chi connectivity index (χ0) is 40.8. The zero-order valence-electron chi connectivity index (χ0n) is 33.5. The molecule has 4 aliphatic rings. The minimum atomic E-state index is -4.01. The quantitative estimate of drug-likeness (QED) is 0.301. The Morgan fingerprint density at radius 2 is 1.80 bits per heavy atom. The van der Waals surface area contributed by atoms with Gasteiger partial charge in [-0.3, -0.25) is 19.1 Å². The average molecular weight is 804 g/mol. The molecule has 1 saturated heterocycles. The summed E-state index contributed by atoms with van der Waals surface area (Å²) in [6, 6.07) is 4.89. The Morgan fingerprint density at radius 3 is 2.46 bits per heavy atom. The van der Waals surface area contributed by atoms with Crippen LogP contribution in [0.4, 0.5) is 4.79 Å². The summed E-state index contributed by atoms with van der Waals surface area (Å²) in [5.74, 6) is -1.54. The van der Waals surface area contributed by atoms with Gasteiger partial charge >= 0.3 is 6.09 Å². The summed E-state index contributed by atoms with van der Waals surface area (Å²) in [6.45, 7) is 10.7. The van der Waals surface area contributed by atoms with Crippen LogP contribution in [0, 0.1) is 17.8 Å². The molecule has 0 radical (unpaired) electrons. The van der Waals surface area contributed by atoms with Crippen molar-refractivity contribution >= 4 is 44.6 Å². The molecule has 3 N–H and O–H groups in total. The fourth-order valence-corrected chi connectivity index (χ4v) is 9.00. The first-order valence-electron chi connectivity index (χ1n) is 19.3. The molecule has 0 spiro atoms. The number of methoxy groups -OCH3 is 2. The number of pyridine rings is 1. The highest BCUT2D eigenvalue weighted by atomic mass is 32.2. The molecular weight excluding hydrogens is 743 g/mol. The van der Waals surface area contributed by atoms with Gasteiger partial charge in [0.05, 0.1) is 25.5 Å². The third-order valence-corrected chi connectivity index (χ3v) is 13.5. The Balaban J connectivity index is 0.00000310. The minimum Gasteiger partial charge on any atom is -0.497 e. The summed E-state index contributed by atoms with van der Waals surface area (Å²) >= 11 is 0. The normalized spacial score (nSPS) is 29.7. The molecule has 3 fully saturated rings. The van der Waals surface area contributed by atoms with Gasteiger partial charge in [-0.15, -0.1) is 0 Å². The Labute approximate surface area is 333 Å². The molecule has 3 heterocycles. The smallest absolute Gasteiger partial charge is 0.408 e. The first-order chi connectivity index (χ1) is 26.3. The van der Waals surface area contributed by atoms with Gasteiger partial charge in [-0.2, -0.15) is 4.98 Å². The molecule has 1 aromatic heterocycles. The number of fused-ring (bicyclic) bond motifs is 3. The lowest BCUT2D eigenvalue weighted by atomic mass is 9.88. The van der Waals surface area contributed by atoms with Crippen molar-refractivity contribution in [2.75, 3.05) is 20.8 Å². The summed E-state index contributed by atoms with van der Waals surface area (Å²) in [4.78, 5) is 62.5. The molecule has 1 aromatic carbocycles. The molecule has 2 aliphatic carbocycles. The van der Waals surface area contributed by atoms with Crippen LogP contribution >= 0.6 is 0 Å². The van der Waals surface area contributed by atoms with E-state index in [9.17, 15) is 27.6 Å². The number of alkyl carbamates (subject to hydrolysis) is 1. The molecule has 0 unspecified atom stereocenters. The topological polar surface area (TPSA) is 192 Å². The molecule has 16 heteroatoms. The van der Waals surface area contributed by atoms with Crippen LogP contribution in [0.1, 0.15) is 90.8 Å². The van der Waals surface area contributed by atoms with Crippen molar-refractivity contribution in [1.82, 2.24) is 25.2 Å². The fraction of sp³-hybridized carbons (Fsp3) is 0.625. The van der Waals surface area contributed by atoms with E-state index in [1.165, 1.54) is 12.0 Å². The van der Waals surface area contributed by atoms with Crippen molar-refractivity contribution in [2.24, 2.45) is 17.8 Å². The Morgan fingerprint density at radius 1 is 1.07 bits per heavy atom. The summed E-state index contributed by atoms with van der Waals surface area (Å²) in [7, 11) is -0.967. The zero-order valence-corrected chi connectivity index (χ0v) is 34.3. The Hall–Kier alpha value is -4.60. The van der Waals surface area contributed by atoms with E-state index in [0.29, 0.717) is 36.8 Å². The SMILES string of the molecule is COc1ccc2c(O[C@@H]3C[C@H]4C(=O)N[C@]5(C(=O)NS(=O)(=O)C6(C)CC6)C[C@H]5/C=C\CC[C@@H](C)C[C@@H](C)[C@H](NC(=O)OC(C)(C)C)C(=O)N4C3)nc(OC)cc2c1.[HH].[HH].[HH]. The Bertz CT molecular complexity index is 2020. The van der Waals surface area contributed by atoms with Crippen molar-refractivity contribution in [1.29, 1.82) is 0 Å². The number of allylic oxidation sites excluding steroid dienone is 1. The lowest BCUT2D eigenvalue weighted by Crippen LogP contribution is -2.59. The summed E-state index contributed by atoms with van der Waals surface area (Å²) in [5, 5.41) is 7.08. The lowest BCUT2D eigenvalue weighted by Gasteiger charge is -2.33. The number of aromatic nitrogens is 1. The molecule has 2 aliphatic heterocycles. The molecule has 15 nitrogen and oxygen atoms in total. The van der Waals surface area contributed by atoms with Crippen molar-refractivity contribution in [3.63, 3.8) is 0 Å². The van der Waals surface area contributed by atoms with Crippen LogP contribution in [0.3, 0.4) is 0 Å². The van der Waals surface area contributed by atoms with Gasteiger partial charge in [0.2, 0.25) is 33.6 Å². The second-order valence-electron chi connectivity index (χ2n) is 17.1. The maximum atomic E-state index is 14.8. The van der Waals surface area contributed by atoms with E-state index >= 15 is 0 Å². The van der Waals surface area contributed by atoms with E-state index in [0.717, 1.165) is 11.8 Å². The number of hydrogen-bond donors (Lipinski definition) is 3. The molecular formula is C40H61N5O10S. The maximum Gasteiger partial charge on any atom is 0.408 e. The third kappa shape index (κ3) is 8.69. The second kappa shape index (κ2) is 15.4. The molecule has 4 amide bonds. The van der Waals surface area contributed by atoms with Crippen LogP contribution < -0.4 is 29.6 Å². The van der Waals surface area contributed by atoms with Gasteiger partial charge in [0.25, 0.3) is 5.91 Å². The van der Waals surface area contributed by atoms with Gasteiger partial charge in [-0.25, -0.2) is 13.2 Å². The van der Waals surface area contributed by atoms with Crippen LogP contribution in [-0.2, 0) is 29.1 Å². The number of sulfonamides is 1. The number of rotatable bonds is 8. The predicted molar refractivity (Wildman–Crippen MR) is 214 cm³/mol. The summed E-state index contributed by atoms with van der Waals surface area (Å²) in [6.07, 6.45) is 5.35. The van der Waals surface area contributed by atoms with E-state index in [4.69, 9.17) is 18.9 Å². The van der Waals surface area contributed by atoms with Gasteiger partial charge in [0.1, 0.15) is 35.1 Å². The number of nitrogens with zero attached hydrogens (tertiary/aromatic N) is 2. The number of amides is 4. The van der Waals surface area contributed by atoms with Crippen LogP contribution in [0.2, 0.25) is 0 Å². The number of nitrogens with one attached hydrogen (secondary N) is 3. The molecule has 312 valence electrons. The Kier molecular flexibility index (Phi) is 11.3. The standard InChI is InChI=1S/C40H55N5O10S.3H2/c1-23-11-9-10-12-26-21-40(26,36(48)44-56(50,51)39(6)15-16-39)43-33(46)30-20-28(54-34-29-14-13-27(52-7)18-25(29)19-31(41-34)53-8)22-45(30)35(47)32(24(2)17-23)42-37(49)55-38(3,4)5;;;/h10,12-14,18-19,23-24,26,28,30,32H,9,11,15-17,20-22H2,1-8H3,(H,42,49)(H,43,46)(H,44,48);3*1H/b12-10-;;;/t23-,24-,26-,28-,30+,32+,40-;;;/m1.../s1. The number of carbonyl (C=O) groups is 4. The van der Waals surface area contributed by atoms with Gasteiger partial charge in [-0.05, 0) is 102 Å². The van der Waals surface area contributed by atoms with E-state index < -0.39 is 73.8 Å². The van der Waals surface area contributed by atoms with E-state index in [1.807, 2.05) is 25.1 Å². The molecule has 7 atom stereocenters. The number of hydrogen-bond acceptors (Lipinski definition) is 11. The van der Waals surface area contributed by atoms with Crippen molar-refractivity contribution in [3.05, 3.63) is 36.4 Å². The van der Waals surface area contributed by atoms with Gasteiger partial charge in [0, 0.05) is 28.1 Å². The minimum absolute atomic E-state index is 0. The lowest BCUT2D eigenvalue weighted by molar-refractivity contribution is -0.142. The number of carbonyl (C=O) groups excluding carboxylic acids is 4. The van der Waals surface area contributed by atoms with E-state index in [-0.39, 0.29) is 47.3 Å². The second-order valence-corrected chi connectivity index (χ2v) is 19.3. The van der Waals surface area contributed by atoms with E-state index in [2.05, 4.69) is 27.3 Å². The van der Waals surface area contributed by atoms with Gasteiger partial charge in [0.15, 0.2) is 0 Å². The highest BCUT2D eigenvalue weighted by Crippen LogP contribution is 2.47.